The summed E-state index contributed by atoms with van der Waals surface area (Å²) in [5, 5.41) is 13.1. The van der Waals surface area contributed by atoms with Gasteiger partial charge in [0.1, 0.15) is 6.04 Å². The lowest BCUT2D eigenvalue weighted by atomic mass is 10.1. The van der Waals surface area contributed by atoms with Crippen molar-refractivity contribution in [2.45, 2.75) is 31.3 Å². The van der Waals surface area contributed by atoms with E-state index in [1.54, 1.807) is 11.1 Å². The number of hydrogen-bond donors (Lipinski definition) is 1. The predicted molar refractivity (Wildman–Crippen MR) is 104 cm³/mol. The lowest BCUT2D eigenvalue weighted by molar-refractivity contribution is -0.132. The highest BCUT2D eigenvalue weighted by molar-refractivity contribution is 6.06. The van der Waals surface area contributed by atoms with Crippen LogP contribution < -0.4 is 5.32 Å². The summed E-state index contributed by atoms with van der Waals surface area (Å²) >= 11 is 0. The molecule has 0 bridgehead atoms. The number of carbonyl (C=O) groups excluding carboxylic acids is 2. The van der Waals surface area contributed by atoms with Crippen LogP contribution in [0.1, 0.15) is 29.6 Å². The number of rotatable bonds is 4. The van der Waals surface area contributed by atoms with Crippen LogP contribution in [0.15, 0.2) is 36.5 Å². The van der Waals surface area contributed by atoms with Crippen LogP contribution in [0.5, 0.6) is 0 Å². The van der Waals surface area contributed by atoms with Crippen LogP contribution in [-0.4, -0.2) is 64.9 Å². The second-order valence-electron chi connectivity index (χ2n) is 7.44. The number of benzene rings is 1. The zero-order chi connectivity index (χ0) is 19.5. The van der Waals surface area contributed by atoms with Crippen molar-refractivity contribution in [1.29, 1.82) is 5.26 Å². The third kappa shape index (κ3) is 3.69. The molecule has 2 aromatic rings. The van der Waals surface area contributed by atoms with Gasteiger partial charge in [0.25, 0.3) is 5.91 Å². The number of nitrogens with zero attached hydrogens (tertiary/aromatic N) is 4. The SMILES string of the molecule is N#CC1CCCN1C(=O)CN1CC[C@H](NC(=O)c2cccc3ncccc23)C1. The molecular formula is C21H23N5O2. The van der Waals surface area contributed by atoms with Gasteiger partial charge in [0.15, 0.2) is 0 Å². The number of nitriles is 1. The van der Waals surface area contributed by atoms with Gasteiger partial charge in [-0.15, -0.1) is 0 Å². The molecule has 1 aromatic carbocycles. The molecule has 1 N–H and O–H groups in total. The molecule has 2 aliphatic rings. The molecule has 4 rings (SSSR count). The van der Waals surface area contributed by atoms with E-state index in [0.717, 1.165) is 36.7 Å². The number of likely N-dealkylation sites (tertiary alicyclic amines) is 2. The Kier molecular flexibility index (Phi) is 5.22. The van der Waals surface area contributed by atoms with E-state index < -0.39 is 0 Å². The summed E-state index contributed by atoms with van der Waals surface area (Å²) in [5.74, 6) is -0.1000. The predicted octanol–water partition coefficient (Wildman–Crippen LogP) is 1.55. The van der Waals surface area contributed by atoms with Gasteiger partial charge in [-0.05, 0) is 37.5 Å². The molecule has 7 heteroatoms. The Balaban J connectivity index is 1.35. The average Bonchev–Trinajstić information content (AvgIpc) is 3.36. The fourth-order valence-electron chi connectivity index (χ4n) is 4.14. The van der Waals surface area contributed by atoms with Crippen molar-refractivity contribution < 1.29 is 9.59 Å². The van der Waals surface area contributed by atoms with Crippen LogP contribution in [0.2, 0.25) is 0 Å². The fraction of sp³-hybridized carbons (Fsp3) is 0.429. The third-order valence-electron chi connectivity index (χ3n) is 5.58. The first-order valence-corrected chi connectivity index (χ1v) is 9.72. The zero-order valence-electron chi connectivity index (χ0n) is 15.7. The second kappa shape index (κ2) is 7.95. The summed E-state index contributed by atoms with van der Waals surface area (Å²) in [6.45, 7) is 2.38. The molecule has 2 atom stereocenters. The number of carbonyl (C=O) groups is 2. The largest absolute Gasteiger partial charge is 0.348 e. The van der Waals surface area contributed by atoms with E-state index in [4.69, 9.17) is 5.26 Å². The molecule has 144 valence electrons. The van der Waals surface area contributed by atoms with Crippen molar-refractivity contribution in [1.82, 2.24) is 20.1 Å². The van der Waals surface area contributed by atoms with Crippen LogP contribution in [0.4, 0.5) is 0 Å². The minimum absolute atomic E-state index is 0.0103. The summed E-state index contributed by atoms with van der Waals surface area (Å²) in [4.78, 5) is 33.3. The Labute approximate surface area is 163 Å². The standard InChI is InChI=1S/C21H23N5O2/c22-12-16-4-3-10-26(16)20(27)14-25-11-8-15(13-25)24-21(28)18-5-1-7-19-17(18)6-2-9-23-19/h1-2,5-7,9,15-16H,3-4,8,10-11,13-14H2,(H,24,28)/t15-,16?/m0/s1. The van der Waals surface area contributed by atoms with Gasteiger partial charge in [0, 0.05) is 42.8 Å². The molecular weight excluding hydrogens is 354 g/mol. The van der Waals surface area contributed by atoms with E-state index in [1.807, 2.05) is 30.3 Å². The van der Waals surface area contributed by atoms with Crippen molar-refractivity contribution in [2.24, 2.45) is 0 Å². The quantitative estimate of drug-likeness (QED) is 0.873. The van der Waals surface area contributed by atoms with Gasteiger partial charge in [-0.2, -0.15) is 5.26 Å². The van der Waals surface area contributed by atoms with E-state index in [1.165, 1.54) is 0 Å². The van der Waals surface area contributed by atoms with Gasteiger partial charge in [-0.1, -0.05) is 12.1 Å². The molecule has 0 saturated carbocycles. The van der Waals surface area contributed by atoms with Gasteiger partial charge >= 0.3 is 0 Å². The minimum atomic E-state index is -0.287. The van der Waals surface area contributed by atoms with Crippen LogP contribution in [0.3, 0.4) is 0 Å². The maximum atomic E-state index is 12.8. The second-order valence-corrected chi connectivity index (χ2v) is 7.44. The van der Waals surface area contributed by atoms with E-state index in [-0.39, 0.29) is 23.9 Å². The first kappa shape index (κ1) is 18.4. The van der Waals surface area contributed by atoms with Gasteiger partial charge in [0.2, 0.25) is 5.91 Å². The summed E-state index contributed by atoms with van der Waals surface area (Å²) in [6.07, 6.45) is 4.18. The molecule has 1 unspecified atom stereocenters. The van der Waals surface area contributed by atoms with E-state index >= 15 is 0 Å². The average molecular weight is 377 g/mol. The van der Waals surface area contributed by atoms with E-state index in [2.05, 4.69) is 21.3 Å². The van der Waals surface area contributed by atoms with E-state index in [9.17, 15) is 9.59 Å². The summed E-state index contributed by atoms with van der Waals surface area (Å²) < 4.78 is 0. The van der Waals surface area contributed by atoms with Crippen LogP contribution in [0, 0.1) is 11.3 Å². The zero-order valence-corrected chi connectivity index (χ0v) is 15.7. The molecule has 2 amide bonds. The maximum absolute atomic E-state index is 12.8. The lowest BCUT2D eigenvalue weighted by Crippen LogP contribution is -2.43. The summed E-state index contributed by atoms with van der Waals surface area (Å²) in [7, 11) is 0. The van der Waals surface area contributed by atoms with Gasteiger partial charge in [-0.25, -0.2) is 0 Å². The smallest absolute Gasteiger partial charge is 0.252 e. The van der Waals surface area contributed by atoms with Crippen molar-refractivity contribution in [3.63, 3.8) is 0 Å². The molecule has 2 fully saturated rings. The third-order valence-corrected chi connectivity index (χ3v) is 5.58. The molecule has 0 aliphatic carbocycles. The highest BCUT2D eigenvalue weighted by Gasteiger charge is 2.32. The Bertz CT molecular complexity index is 933. The molecule has 1 aromatic heterocycles. The Morgan fingerprint density at radius 2 is 2.11 bits per heavy atom. The Morgan fingerprint density at radius 3 is 2.96 bits per heavy atom. The van der Waals surface area contributed by atoms with E-state index in [0.29, 0.717) is 25.2 Å². The topological polar surface area (TPSA) is 89.3 Å². The molecule has 3 heterocycles. The molecule has 2 aliphatic heterocycles. The molecule has 28 heavy (non-hydrogen) atoms. The maximum Gasteiger partial charge on any atom is 0.252 e. The first-order valence-electron chi connectivity index (χ1n) is 9.72. The van der Waals surface area contributed by atoms with Crippen molar-refractivity contribution in [3.05, 3.63) is 42.1 Å². The molecule has 0 radical (unpaired) electrons. The van der Waals surface area contributed by atoms with Crippen molar-refractivity contribution in [2.75, 3.05) is 26.2 Å². The molecule has 0 spiro atoms. The first-order chi connectivity index (χ1) is 13.7. The number of amides is 2. The monoisotopic (exact) mass is 377 g/mol. The Morgan fingerprint density at radius 1 is 1.21 bits per heavy atom. The van der Waals surface area contributed by atoms with Crippen molar-refractivity contribution in [3.8, 4) is 6.07 Å². The van der Waals surface area contributed by atoms with Gasteiger partial charge < -0.3 is 10.2 Å². The highest BCUT2D eigenvalue weighted by atomic mass is 16.2. The van der Waals surface area contributed by atoms with Crippen LogP contribution in [0.25, 0.3) is 10.9 Å². The molecule has 7 nitrogen and oxygen atoms in total. The number of fused-ring (bicyclic) bond motifs is 1. The minimum Gasteiger partial charge on any atom is -0.348 e. The number of aromatic nitrogens is 1. The number of nitrogens with one attached hydrogen (secondary N) is 1. The highest BCUT2D eigenvalue weighted by Crippen LogP contribution is 2.19. The molecule has 2 saturated heterocycles. The lowest BCUT2D eigenvalue weighted by Gasteiger charge is -2.23. The van der Waals surface area contributed by atoms with Crippen LogP contribution in [-0.2, 0) is 4.79 Å². The fourth-order valence-corrected chi connectivity index (χ4v) is 4.14. The van der Waals surface area contributed by atoms with Gasteiger partial charge in [0.05, 0.1) is 18.1 Å². The Hall–Kier alpha value is -2.98. The number of hydrogen-bond acceptors (Lipinski definition) is 5. The summed E-state index contributed by atoms with van der Waals surface area (Å²) in [6, 6.07) is 11.2. The number of pyridine rings is 1. The van der Waals surface area contributed by atoms with Gasteiger partial charge in [-0.3, -0.25) is 19.5 Å². The normalized spacial score (nSPS) is 22.3. The van der Waals surface area contributed by atoms with Crippen LogP contribution >= 0.6 is 0 Å². The summed E-state index contributed by atoms with van der Waals surface area (Å²) in [5.41, 5.74) is 1.42. The van der Waals surface area contributed by atoms with Crippen molar-refractivity contribution >= 4 is 22.7 Å².